The molecule has 1 heterocycles. The summed E-state index contributed by atoms with van der Waals surface area (Å²) in [6.07, 6.45) is -1.67. The first kappa shape index (κ1) is 14.0. The first-order valence-electron chi connectivity index (χ1n) is 4.70. The number of alkyl halides is 4. The van der Waals surface area contributed by atoms with Gasteiger partial charge in [-0.2, -0.15) is 18.2 Å². The third-order valence-corrected chi connectivity index (χ3v) is 2.21. The lowest BCUT2D eigenvalue weighted by molar-refractivity contribution is -0.119. The van der Waals surface area contributed by atoms with Crippen molar-refractivity contribution in [2.45, 2.75) is 6.18 Å². The van der Waals surface area contributed by atoms with E-state index in [2.05, 4.69) is 25.9 Å². The lowest BCUT2D eigenvalue weighted by Crippen LogP contribution is -2.36. The Kier molecular flexibility index (Phi) is 4.98. The standard InChI is InChI=1S/C9H11BrF3N3O/c1-17-8-5-14-4-7(15-8)16(3-2-10)6-9(11,12)13/h4-5H,2-3,6H2,1H3. The van der Waals surface area contributed by atoms with E-state index in [4.69, 9.17) is 4.74 Å². The second kappa shape index (κ2) is 6.04. The molecule has 0 N–H and O–H groups in total. The van der Waals surface area contributed by atoms with Gasteiger partial charge in [-0.15, -0.1) is 0 Å². The number of rotatable bonds is 5. The fraction of sp³-hybridized carbons (Fsp3) is 0.556. The van der Waals surface area contributed by atoms with Crippen LogP contribution in [0.15, 0.2) is 12.4 Å². The minimum atomic E-state index is -4.28. The second-order valence-corrected chi connectivity index (χ2v) is 3.94. The molecule has 17 heavy (non-hydrogen) atoms. The fourth-order valence-electron chi connectivity index (χ4n) is 1.18. The third-order valence-electron chi connectivity index (χ3n) is 1.86. The van der Waals surface area contributed by atoms with Crippen LogP contribution in [0.4, 0.5) is 19.0 Å². The Morgan fingerprint density at radius 1 is 1.41 bits per heavy atom. The number of nitrogens with zero attached hydrogens (tertiary/aromatic N) is 3. The van der Waals surface area contributed by atoms with E-state index in [9.17, 15) is 13.2 Å². The molecule has 0 aromatic carbocycles. The molecule has 0 spiro atoms. The van der Waals surface area contributed by atoms with Crippen molar-refractivity contribution in [3.8, 4) is 5.88 Å². The normalized spacial score (nSPS) is 11.4. The summed E-state index contributed by atoms with van der Waals surface area (Å²) in [4.78, 5) is 8.78. The number of halogens is 4. The maximum absolute atomic E-state index is 12.4. The highest BCUT2D eigenvalue weighted by atomic mass is 79.9. The molecular weight excluding hydrogens is 303 g/mol. The smallest absolute Gasteiger partial charge is 0.405 e. The van der Waals surface area contributed by atoms with Crippen LogP contribution in [0.2, 0.25) is 0 Å². The third kappa shape index (κ3) is 4.76. The molecular formula is C9H11BrF3N3O. The van der Waals surface area contributed by atoms with Crippen molar-refractivity contribution < 1.29 is 17.9 Å². The average Bonchev–Trinajstić information content (AvgIpc) is 2.27. The molecule has 8 heteroatoms. The van der Waals surface area contributed by atoms with Crippen molar-refractivity contribution in [1.82, 2.24) is 9.97 Å². The summed E-state index contributed by atoms with van der Waals surface area (Å²) in [5.41, 5.74) is 0. The van der Waals surface area contributed by atoms with Gasteiger partial charge in [-0.05, 0) is 0 Å². The molecule has 0 radical (unpaired) electrons. The van der Waals surface area contributed by atoms with Crippen molar-refractivity contribution in [2.75, 3.05) is 30.4 Å². The van der Waals surface area contributed by atoms with E-state index in [1.54, 1.807) is 0 Å². The molecule has 1 rings (SSSR count). The molecule has 0 unspecified atom stereocenters. The van der Waals surface area contributed by atoms with Crippen molar-refractivity contribution in [2.24, 2.45) is 0 Å². The summed E-state index contributed by atoms with van der Waals surface area (Å²) >= 11 is 3.10. The summed E-state index contributed by atoms with van der Waals surface area (Å²) in [6.45, 7) is -0.887. The van der Waals surface area contributed by atoms with Crippen LogP contribution in [0.5, 0.6) is 5.88 Å². The van der Waals surface area contributed by atoms with Crippen LogP contribution in [0.3, 0.4) is 0 Å². The lowest BCUT2D eigenvalue weighted by atomic mass is 10.4. The molecule has 4 nitrogen and oxygen atoms in total. The van der Waals surface area contributed by atoms with Gasteiger partial charge in [0.15, 0.2) is 5.82 Å². The Hall–Kier alpha value is -1.05. The van der Waals surface area contributed by atoms with Crippen LogP contribution in [0.25, 0.3) is 0 Å². The molecule has 0 fully saturated rings. The molecule has 96 valence electrons. The Labute approximate surface area is 105 Å². The van der Waals surface area contributed by atoms with Crippen molar-refractivity contribution in [3.63, 3.8) is 0 Å². The monoisotopic (exact) mass is 313 g/mol. The zero-order valence-corrected chi connectivity index (χ0v) is 10.6. The number of hydrogen-bond donors (Lipinski definition) is 0. The molecule has 0 aliphatic rings. The fourth-order valence-corrected chi connectivity index (χ4v) is 1.61. The number of anilines is 1. The van der Waals surface area contributed by atoms with Crippen LogP contribution in [0, 0.1) is 0 Å². The number of ether oxygens (including phenoxy) is 1. The van der Waals surface area contributed by atoms with Crippen LogP contribution >= 0.6 is 15.9 Å². The minimum absolute atomic E-state index is 0.140. The Morgan fingerprint density at radius 2 is 2.12 bits per heavy atom. The van der Waals surface area contributed by atoms with Crippen LogP contribution < -0.4 is 9.64 Å². The SMILES string of the molecule is COc1cncc(N(CCBr)CC(F)(F)F)n1. The average molecular weight is 314 g/mol. The van der Waals surface area contributed by atoms with E-state index in [1.807, 2.05) is 0 Å². The molecule has 0 aliphatic heterocycles. The van der Waals surface area contributed by atoms with E-state index in [0.717, 1.165) is 4.90 Å². The number of aromatic nitrogens is 2. The largest absolute Gasteiger partial charge is 0.480 e. The number of hydrogen-bond acceptors (Lipinski definition) is 4. The van der Waals surface area contributed by atoms with E-state index >= 15 is 0 Å². The highest BCUT2D eigenvalue weighted by Crippen LogP contribution is 2.21. The van der Waals surface area contributed by atoms with Crippen LogP contribution in [0.1, 0.15) is 0 Å². The van der Waals surface area contributed by atoms with Gasteiger partial charge < -0.3 is 9.64 Å². The zero-order chi connectivity index (χ0) is 12.9. The van der Waals surface area contributed by atoms with Gasteiger partial charge in [-0.25, -0.2) is 0 Å². The molecule has 0 amide bonds. The molecule has 0 bridgehead atoms. The highest BCUT2D eigenvalue weighted by molar-refractivity contribution is 9.09. The second-order valence-electron chi connectivity index (χ2n) is 3.15. The summed E-state index contributed by atoms with van der Waals surface area (Å²) < 4.78 is 41.9. The molecule has 1 aromatic heterocycles. The van der Waals surface area contributed by atoms with Crippen molar-refractivity contribution in [1.29, 1.82) is 0 Å². The van der Waals surface area contributed by atoms with E-state index in [0.29, 0.717) is 5.33 Å². The minimum Gasteiger partial charge on any atom is -0.480 e. The van der Waals surface area contributed by atoms with Crippen LogP contribution in [-0.4, -0.2) is 41.7 Å². The predicted octanol–water partition coefficient (Wildman–Crippen LogP) is 2.25. The Morgan fingerprint density at radius 3 is 2.65 bits per heavy atom. The molecule has 0 saturated carbocycles. The van der Waals surface area contributed by atoms with E-state index in [1.165, 1.54) is 19.5 Å². The van der Waals surface area contributed by atoms with Gasteiger partial charge in [0, 0.05) is 11.9 Å². The van der Waals surface area contributed by atoms with Gasteiger partial charge in [0.25, 0.3) is 0 Å². The lowest BCUT2D eigenvalue weighted by Gasteiger charge is -2.23. The van der Waals surface area contributed by atoms with Crippen molar-refractivity contribution >= 4 is 21.7 Å². The van der Waals surface area contributed by atoms with Gasteiger partial charge in [0.1, 0.15) is 6.54 Å². The van der Waals surface area contributed by atoms with Crippen molar-refractivity contribution in [3.05, 3.63) is 12.4 Å². The van der Waals surface area contributed by atoms with E-state index in [-0.39, 0.29) is 18.2 Å². The molecule has 0 aliphatic carbocycles. The summed E-state index contributed by atoms with van der Waals surface area (Å²) in [5.74, 6) is 0.324. The topological polar surface area (TPSA) is 38.2 Å². The number of methoxy groups -OCH3 is 1. The summed E-state index contributed by atoms with van der Waals surface area (Å²) in [7, 11) is 1.38. The summed E-state index contributed by atoms with van der Waals surface area (Å²) in [5, 5.41) is 0.405. The van der Waals surface area contributed by atoms with Gasteiger partial charge in [-0.1, -0.05) is 15.9 Å². The first-order valence-corrected chi connectivity index (χ1v) is 5.82. The first-order chi connectivity index (χ1) is 7.96. The molecule has 0 atom stereocenters. The highest BCUT2D eigenvalue weighted by Gasteiger charge is 2.31. The van der Waals surface area contributed by atoms with Gasteiger partial charge in [0.2, 0.25) is 5.88 Å². The zero-order valence-electron chi connectivity index (χ0n) is 9.04. The maximum atomic E-state index is 12.4. The predicted molar refractivity (Wildman–Crippen MR) is 60.6 cm³/mol. The van der Waals surface area contributed by atoms with Gasteiger partial charge >= 0.3 is 6.18 Å². The summed E-state index contributed by atoms with van der Waals surface area (Å²) in [6, 6.07) is 0. The maximum Gasteiger partial charge on any atom is 0.405 e. The Balaban J connectivity index is 2.88. The molecule has 1 aromatic rings. The van der Waals surface area contributed by atoms with Gasteiger partial charge in [-0.3, -0.25) is 4.98 Å². The Bertz CT molecular complexity index is 362. The quantitative estimate of drug-likeness (QED) is 0.782. The van der Waals surface area contributed by atoms with E-state index < -0.39 is 12.7 Å². The molecule has 0 saturated heterocycles. The van der Waals surface area contributed by atoms with Crippen LogP contribution in [-0.2, 0) is 0 Å². The van der Waals surface area contributed by atoms with Gasteiger partial charge in [0.05, 0.1) is 19.5 Å².